The summed E-state index contributed by atoms with van der Waals surface area (Å²) in [6.07, 6.45) is 1.68. The predicted octanol–water partition coefficient (Wildman–Crippen LogP) is 3.83. The van der Waals surface area contributed by atoms with Crippen molar-refractivity contribution in [3.05, 3.63) is 78.4 Å². The molecule has 0 bridgehead atoms. The van der Waals surface area contributed by atoms with E-state index in [2.05, 4.69) is 11.9 Å². The second-order valence-electron chi connectivity index (χ2n) is 5.00. The summed E-state index contributed by atoms with van der Waals surface area (Å²) in [6.45, 7) is 5.79. The first-order chi connectivity index (χ1) is 10.1. The lowest BCUT2D eigenvalue weighted by atomic mass is 9.91. The molecule has 0 heterocycles. The van der Waals surface area contributed by atoms with Gasteiger partial charge in [0.2, 0.25) is 0 Å². The lowest BCUT2D eigenvalue weighted by Crippen LogP contribution is -2.34. The molecule has 2 aromatic carbocycles. The van der Waals surface area contributed by atoms with Crippen molar-refractivity contribution in [1.29, 1.82) is 0 Å². The highest BCUT2D eigenvalue weighted by molar-refractivity contribution is 5.79. The highest BCUT2D eigenvalue weighted by Gasteiger charge is 2.27. The maximum absolute atomic E-state index is 11.6. The van der Waals surface area contributed by atoms with Gasteiger partial charge in [-0.2, -0.15) is 0 Å². The van der Waals surface area contributed by atoms with E-state index in [9.17, 15) is 9.90 Å². The van der Waals surface area contributed by atoms with Gasteiger partial charge in [-0.05, 0) is 24.6 Å². The van der Waals surface area contributed by atoms with E-state index < -0.39 is 12.0 Å². The van der Waals surface area contributed by atoms with Gasteiger partial charge in [0.15, 0.2) is 0 Å². The molecule has 0 spiro atoms. The minimum atomic E-state index is -0.899. The van der Waals surface area contributed by atoms with Gasteiger partial charge >= 0.3 is 5.97 Å². The third-order valence-corrected chi connectivity index (χ3v) is 3.44. The largest absolute Gasteiger partial charge is 0.480 e. The highest BCUT2D eigenvalue weighted by Crippen LogP contribution is 2.24. The maximum atomic E-state index is 11.6. The van der Waals surface area contributed by atoms with E-state index in [0.717, 1.165) is 16.8 Å². The van der Waals surface area contributed by atoms with Crippen molar-refractivity contribution >= 4 is 11.7 Å². The average Bonchev–Trinajstić information content (AvgIpc) is 2.50. The Labute approximate surface area is 124 Å². The lowest BCUT2D eigenvalue weighted by Gasteiger charge is -2.23. The molecule has 0 saturated carbocycles. The Morgan fingerprint density at radius 1 is 1.14 bits per heavy atom. The Kier molecular flexibility index (Phi) is 4.77. The smallest absolute Gasteiger partial charge is 0.327 e. The predicted molar refractivity (Wildman–Crippen MR) is 85.6 cm³/mol. The van der Waals surface area contributed by atoms with Crippen molar-refractivity contribution in [2.75, 3.05) is 5.32 Å². The normalized spacial score (nSPS) is 13.2. The molecule has 0 aliphatic carbocycles. The Hall–Kier alpha value is -2.55. The van der Waals surface area contributed by atoms with Gasteiger partial charge in [-0.1, -0.05) is 54.1 Å². The van der Waals surface area contributed by atoms with Crippen LogP contribution in [0.1, 0.15) is 17.0 Å². The molecule has 0 unspecified atom stereocenters. The molecule has 0 saturated heterocycles. The molecule has 0 aliphatic rings. The molecule has 0 radical (unpaired) electrons. The zero-order valence-corrected chi connectivity index (χ0v) is 12.0. The number of hydrogen-bond donors (Lipinski definition) is 2. The number of aryl methyl sites for hydroxylation is 1. The molecule has 2 rings (SSSR count). The number of carboxylic acids is 1. The van der Waals surface area contributed by atoms with Crippen molar-refractivity contribution in [3.8, 4) is 0 Å². The average molecular weight is 281 g/mol. The zero-order valence-electron chi connectivity index (χ0n) is 12.0. The van der Waals surface area contributed by atoms with Crippen molar-refractivity contribution in [1.82, 2.24) is 0 Å². The molecule has 0 amide bonds. The Morgan fingerprint density at radius 3 is 2.29 bits per heavy atom. The van der Waals surface area contributed by atoms with Crippen LogP contribution < -0.4 is 5.32 Å². The first kappa shape index (κ1) is 14.9. The molecule has 2 atom stereocenters. The third kappa shape index (κ3) is 3.72. The van der Waals surface area contributed by atoms with Crippen LogP contribution in [-0.4, -0.2) is 17.1 Å². The SMILES string of the molecule is C=C[C@H](c1ccccc1)[C@@H](Nc1ccc(C)cc1)C(=O)O. The molecule has 2 aromatic rings. The molecule has 3 nitrogen and oxygen atoms in total. The quantitative estimate of drug-likeness (QED) is 0.791. The summed E-state index contributed by atoms with van der Waals surface area (Å²) in [4.78, 5) is 11.6. The van der Waals surface area contributed by atoms with E-state index >= 15 is 0 Å². The third-order valence-electron chi connectivity index (χ3n) is 3.44. The number of anilines is 1. The summed E-state index contributed by atoms with van der Waals surface area (Å²) < 4.78 is 0. The van der Waals surface area contributed by atoms with Crippen LogP contribution in [0.15, 0.2) is 67.3 Å². The maximum Gasteiger partial charge on any atom is 0.327 e. The standard InChI is InChI=1S/C18H19NO2/c1-3-16(14-7-5-4-6-8-14)17(18(20)21)19-15-11-9-13(2)10-12-15/h3-12,16-17,19H,1H2,2H3,(H,20,21)/t16-,17-/m1/s1. The number of carbonyl (C=O) groups is 1. The van der Waals surface area contributed by atoms with E-state index in [0.29, 0.717) is 0 Å². The van der Waals surface area contributed by atoms with Gasteiger partial charge < -0.3 is 10.4 Å². The highest BCUT2D eigenvalue weighted by atomic mass is 16.4. The molecule has 0 aromatic heterocycles. The number of benzene rings is 2. The van der Waals surface area contributed by atoms with Gasteiger partial charge in [0.25, 0.3) is 0 Å². The van der Waals surface area contributed by atoms with Crippen LogP contribution in [0.5, 0.6) is 0 Å². The van der Waals surface area contributed by atoms with E-state index in [1.165, 1.54) is 0 Å². The van der Waals surface area contributed by atoms with Crippen LogP contribution in [0, 0.1) is 6.92 Å². The lowest BCUT2D eigenvalue weighted by molar-refractivity contribution is -0.138. The second kappa shape index (κ2) is 6.75. The summed E-state index contributed by atoms with van der Waals surface area (Å²) in [5.41, 5.74) is 2.85. The van der Waals surface area contributed by atoms with Gasteiger partial charge in [0.05, 0.1) is 0 Å². The fraction of sp³-hybridized carbons (Fsp3) is 0.167. The number of hydrogen-bond acceptors (Lipinski definition) is 2. The van der Waals surface area contributed by atoms with Crippen molar-refractivity contribution < 1.29 is 9.90 Å². The van der Waals surface area contributed by atoms with Crippen molar-refractivity contribution in [2.45, 2.75) is 18.9 Å². The Morgan fingerprint density at radius 2 is 1.76 bits per heavy atom. The zero-order chi connectivity index (χ0) is 15.2. The van der Waals surface area contributed by atoms with Crippen LogP contribution >= 0.6 is 0 Å². The molecule has 3 heteroatoms. The number of carboxylic acid groups (broad SMARTS) is 1. The monoisotopic (exact) mass is 281 g/mol. The molecule has 21 heavy (non-hydrogen) atoms. The summed E-state index contributed by atoms with van der Waals surface area (Å²) in [5, 5.41) is 12.6. The number of aliphatic carboxylic acids is 1. The summed E-state index contributed by atoms with van der Waals surface area (Å²) in [7, 11) is 0. The first-order valence-electron chi connectivity index (χ1n) is 6.85. The van der Waals surface area contributed by atoms with Crippen molar-refractivity contribution in [3.63, 3.8) is 0 Å². The summed E-state index contributed by atoms with van der Waals surface area (Å²) >= 11 is 0. The second-order valence-corrected chi connectivity index (χ2v) is 5.00. The molecule has 0 aliphatic heterocycles. The molecular formula is C18H19NO2. The Balaban J connectivity index is 2.27. The molecular weight excluding hydrogens is 262 g/mol. The fourth-order valence-corrected chi connectivity index (χ4v) is 2.27. The summed E-state index contributed by atoms with van der Waals surface area (Å²) in [5.74, 6) is -1.20. The minimum Gasteiger partial charge on any atom is -0.480 e. The van der Waals surface area contributed by atoms with Gasteiger partial charge in [0, 0.05) is 11.6 Å². The minimum absolute atomic E-state index is 0.301. The first-order valence-corrected chi connectivity index (χ1v) is 6.85. The fourth-order valence-electron chi connectivity index (χ4n) is 2.27. The molecule has 108 valence electrons. The summed E-state index contributed by atoms with van der Waals surface area (Å²) in [6, 6.07) is 16.5. The van der Waals surface area contributed by atoms with E-state index in [-0.39, 0.29) is 5.92 Å². The van der Waals surface area contributed by atoms with Crippen LogP contribution in [0.25, 0.3) is 0 Å². The molecule has 2 N–H and O–H groups in total. The topological polar surface area (TPSA) is 49.3 Å². The van der Waals surface area contributed by atoms with Gasteiger partial charge in [-0.15, -0.1) is 6.58 Å². The van der Waals surface area contributed by atoms with Gasteiger partial charge in [0.1, 0.15) is 6.04 Å². The van der Waals surface area contributed by atoms with E-state index in [1.54, 1.807) is 6.08 Å². The Bertz CT molecular complexity index is 605. The molecule has 0 fully saturated rings. The van der Waals surface area contributed by atoms with Crippen LogP contribution in [0.3, 0.4) is 0 Å². The number of rotatable bonds is 6. The van der Waals surface area contributed by atoms with E-state index in [1.807, 2.05) is 61.5 Å². The van der Waals surface area contributed by atoms with Crippen LogP contribution in [-0.2, 0) is 4.79 Å². The van der Waals surface area contributed by atoms with E-state index in [4.69, 9.17) is 0 Å². The van der Waals surface area contributed by atoms with Gasteiger partial charge in [-0.3, -0.25) is 0 Å². The number of nitrogens with one attached hydrogen (secondary N) is 1. The van der Waals surface area contributed by atoms with Crippen LogP contribution in [0.2, 0.25) is 0 Å². The van der Waals surface area contributed by atoms with Crippen LogP contribution in [0.4, 0.5) is 5.69 Å². The van der Waals surface area contributed by atoms with Gasteiger partial charge in [-0.25, -0.2) is 4.79 Å². The van der Waals surface area contributed by atoms with Crippen molar-refractivity contribution in [2.24, 2.45) is 0 Å².